The van der Waals surface area contributed by atoms with Crippen molar-refractivity contribution in [1.29, 1.82) is 0 Å². The maximum absolute atomic E-state index is 13.3. The fraction of sp³-hybridized carbons (Fsp3) is 0.200. The number of halogens is 1. The second-order valence-corrected chi connectivity index (χ2v) is 9.09. The topological polar surface area (TPSA) is 66.8 Å². The number of ketones is 1. The molecule has 1 atom stereocenters. The first kappa shape index (κ1) is 22.1. The van der Waals surface area contributed by atoms with E-state index in [1.165, 1.54) is 16.2 Å². The van der Waals surface area contributed by atoms with Crippen LogP contribution < -0.4 is 9.64 Å². The molecule has 1 N–H and O–H groups in total. The van der Waals surface area contributed by atoms with Gasteiger partial charge in [-0.25, -0.2) is 0 Å². The van der Waals surface area contributed by atoms with Gasteiger partial charge in [0.2, 0.25) is 0 Å². The summed E-state index contributed by atoms with van der Waals surface area (Å²) in [7, 11) is 1.58. The van der Waals surface area contributed by atoms with Crippen LogP contribution in [0.5, 0.6) is 5.75 Å². The molecule has 4 rings (SSSR count). The number of rotatable bonds is 4. The Balaban J connectivity index is 1.98. The molecule has 0 saturated carbocycles. The predicted molar refractivity (Wildman–Crippen MR) is 128 cm³/mol. The minimum atomic E-state index is -0.756. The molecule has 1 saturated heterocycles. The summed E-state index contributed by atoms with van der Waals surface area (Å²) >= 11 is 7.74. The first-order valence-electron chi connectivity index (χ1n) is 10.0. The maximum Gasteiger partial charge on any atom is 0.300 e. The Morgan fingerprint density at radius 1 is 1.09 bits per heavy atom. The monoisotopic (exact) mass is 467 g/mol. The van der Waals surface area contributed by atoms with Crippen molar-refractivity contribution in [3.05, 3.63) is 85.6 Å². The van der Waals surface area contributed by atoms with E-state index in [0.717, 1.165) is 16.0 Å². The zero-order valence-electron chi connectivity index (χ0n) is 18.1. The van der Waals surface area contributed by atoms with Crippen LogP contribution in [0.15, 0.2) is 53.4 Å². The van der Waals surface area contributed by atoms with Gasteiger partial charge in [0.15, 0.2) is 0 Å². The highest BCUT2D eigenvalue weighted by atomic mass is 35.5. The lowest BCUT2D eigenvalue weighted by Gasteiger charge is -2.26. The van der Waals surface area contributed by atoms with Crippen molar-refractivity contribution in [3.63, 3.8) is 0 Å². The number of aliphatic hydroxyl groups is 1. The van der Waals surface area contributed by atoms with Crippen LogP contribution in [0.4, 0.5) is 5.69 Å². The second kappa shape index (κ2) is 8.45. The lowest BCUT2D eigenvalue weighted by Crippen LogP contribution is -2.29. The van der Waals surface area contributed by atoms with Crippen molar-refractivity contribution in [2.75, 3.05) is 12.0 Å². The zero-order valence-corrected chi connectivity index (χ0v) is 19.7. The summed E-state index contributed by atoms with van der Waals surface area (Å²) in [6.45, 7) is 5.49. The summed E-state index contributed by atoms with van der Waals surface area (Å²) in [6.07, 6.45) is 0. The van der Waals surface area contributed by atoms with Crippen LogP contribution in [0, 0.1) is 20.8 Å². The Labute approximate surface area is 195 Å². The van der Waals surface area contributed by atoms with Crippen molar-refractivity contribution in [3.8, 4) is 5.75 Å². The van der Waals surface area contributed by atoms with Crippen LogP contribution in [-0.2, 0) is 9.59 Å². The Kier molecular flexibility index (Phi) is 5.84. The number of Topliss-reactive ketones (excluding diaryl/α,β-unsaturated/α-hetero) is 1. The first-order valence-corrected chi connectivity index (χ1v) is 11.3. The van der Waals surface area contributed by atoms with Gasteiger partial charge in [0, 0.05) is 21.2 Å². The number of aliphatic hydroxyl groups excluding tert-OH is 1. The number of thiophene rings is 1. The van der Waals surface area contributed by atoms with E-state index in [2.05, 4.69) is 0 Å². The van der Waals surface area contributed by atoms with E-state index in [0.29, 0.717) is 27.6 Å². The molecule has 1 unspecified atom stereocenters. The molecule has 164 valence electrons. The highest BCUT2D eigenvalue weighted by Crippen LogP contribution is 2.45. The normalized spacial score (nSPS) is 17.8. The molecule has 0 radical (unpaired) electrons. The second-order valence-electron chi connectivity index (χ2n) is 7.71. The number of carbonyl (C=O) groups excluding carboxylic acids is 2. The van der Waals surface area contributed by atoms with Gasteiger partial charge in [-0.2, -0.15) is 0 Å². The molecule has 0 aliphatic carbocycles. The van der Waals surface area contributed by atoms with Crippen LogP contribution in [0.3, 0.4) is 0 Å². The van der Waals surface area contributed by atoms with Gasteiger partial charge in [0.1, 0.15) is 17.6 Å². The largest absolute Gasteiger partial charge is 0.507 e. The van der Waals surface area contributed by atoms with Gasteiger partial charge in [-0.05, 0) is 73.2 Å². The van der Waals surface area contributed by atoms with E-state index in [9.17, 15) is 14.7 Å². The minimum absolute atomic E-state index is 0.0597. The molecule has 2 aromatic carbocycles. The smallest absolute Gasteiger partial charge is 0.300 e. The lowest BCUT2D eigenvalue weighted by molar-refractivity contribution is -0.132. The average Bonchev–Trinajstić information content (AvgIpc) is 3.38. The van der Waals surface area contributed by atoms with Gasteiger partial charge in [-0.15, -0.1) is 11.3 Å². The van der Waals surface area contributed by atoms with Crippen LogP contribution in [0.25, 0.3) is 5.76 Å². The predicted octanol–water partition coefficient (Wildman–Crippen LogP) is 5.96. The average molecular weight is 468 g/mol. The molecule has 1 aliphatic heterocycles. The summed E-state index contributed by atoms with van der Waals surface area (Å²) in [5, 5.41) is 13.7. The van der Waals surface area contributed by atoms with Crippen molar-refractivity contribution < 1.29 is 19.4 Å². The molecule has 1 amide bonds. The van der Waals surface area contributed by atoms with Crippen molar-refractivity contribution in [1.82, 2.24) is 0 Å². The third kappa shape index (κ3) is 3.49. The lowest BCUT2D eigenvalue weighted by atomic mass is 9.95. The number of anilines is 1. The minimum Gasteiger partial charge on any atom is -0.507 e. The van der Waals surface area contributed by atoms with Gasteiger partial charge >= 0.3 is 0 Å². The van der Waals surface area contributed by atoms with E-state index < -0.39 is 17.7 Å². The summed E-state index contributed by atoms with van der Waals surface area (Å²) in [4.78, 5) is 28.7. The number of amides is 1. The van der Waals surface area contributed by atoms with Crippen LogP contribution >= 0.6 is 22.9 Å². The highest BCUT2D eigenvalue weighted by molar-refractivity contribution is 7.10. The van der Waals surface area contributed by atoms with Gasteiger partial charge in [0.25, 0.3) is 11.7 Å². The number of ether oxygens (including phenoxy) is 1. The third-order valence-corrected chi connectivity index (χ3v) is 7.09. The standard InChI is InChI=1S/C25H22ClNO4S/c1-13-12-19(31-4)14(2)11-16(13)23(28)21-22(20-9-6-10-32-20)27(25(30)24(21)29)18-8-5-7-17(26)15(18)3/h5-12,22,28H,1-4H3/b23-21-. The van der Waals surface area contributed by atoms with Gasteiger partial charge in [0.05, 0.1) is 12.7 Å². The molecule has 1 aliphatic rings. The van der Waals surface area contributed by atoms with E-state index >= 15 is 0 Å². The number of nitrogens with zero attached hydrogens (tertiary/aromatic N) is 1. The fourth-order valence-corrected chi connectivity index (χ4v) is 5.06. The molecule has 1 fully saturated rings. The highest BCUT2D eigenvalue weighted by Gasteiger charge is 2.48. The van der Waals surface area contributed by atoms with Crippen LogP contribution in [0.2, 0.25) is 5.02 Å². The van der Waals surface area contributed by atoms with E-state index in [-0.39, 0.29) is 11.3 Å². The third-order valence-electron chi connectivity index (χ3n) is 5.75. The summed E-state index contributed by atoms with van der Waals surface area (Å²) in [6, 6.07) is 11.8. The van der Waals surface area contributed by atoms with Gasteiger partial charge < -0.3 is 9.84 Å². The number of benzene rings is 2. The maximum atomic E-state index is 13.3. The van der Waals surface area contributed by atoms with E-state index in [1.807, 2.05) is 37.4 Å². The van der Waals surface area contributed by atoms with Gasteiger partial charge in [-0.1, -0.05) is 23.7 Å². The summed E-state index contributed by atoms with van der Waals surface area (Å²) < 4.78 is 5.37. The molecule has 2 heterocycles. The van der Waals surface area contributed by atoms with Crippen molar-refractivity contribution >= 4 is 46.1 Å². The van der Waals surface area contributed by atoms with E-state index in [1.54, 1.807) is 38.3 Å². The molecule has 32 heavy (non-hydrogen) atoms. The van der Waals surface area contributed by atoms with Gasteiger partial charge in [-0.3, -0.25) is 14.5 Å². The first-order chi connectivity index (χ1) is 15.3. The SMILES string of the molecule is COc1cc(C)c(/C(O)=C2/C(=O)C(=O)N(c3cccc(Cl)c3C)C2c2cccs2)cc1C. The molecular formula is C25H22ClNO4S. The van der Waals surface area contributed by atoms with Crippen LogP contribution in [0.1, 0.15) is 33.2 Å². The number of hydrogen-bond donors (Lipinski definition) is 1. The zero-order chi connectivity index (χ0) is 23.2. The Hall–Kier alpha value is -3.09. The van der Waals surface area contributed by atoms with Crippen molar-refractivity contribution in [2.45, 2.75) is 26.8 Å². The van der Waals surface area contributed by atoms with E-state index in [4.69, 9.17) is 16.3 Å². The Morgan fingerprint density at radius 3 is 2.50 bits per heavy atom. The number of carbonyl (C=O) groups is 2. The molecule has 0 bridgehead atoms. The van der Waals surface area contributed by atoms with Crippen molar-refractivity contribution in [2.24, 2.45) is 0 Å². The molecule has 7 heteroatoms. The Bertz CT molecular complexity index is 1260. The quantitative estimate of drug-likeness (QED) is 0.292. The molecule has 5 nitrogen and oxygen atoms in total. The molecular weight excluding hydrogens is 446 g/mol. The van der Waals surface area contributed by atoms with Crippen LogP contribution in [-0.4, -0.2) is 23.9 Å². The molecule has 3 aromatic rings. The molecule has 0 spiro atoms. The number of methoxy groups -OCH3 is 1. The Morgan fingerprint density at radius 2 is 1.84 bits per heavy atom. The summed E-state index contributed by atoms with van der Waals surface area (Å²) in [5.41, 5.74) is 3.33. The fourth-order valence-electron chi connectivity index (χ4n) is 4.06. The summed E-state index contributed by atoms with van der Waals surface area (Å²) in [5.74, 6) is -0.942. The number of hydrogen-bond acceptors (Lipinski definition) is 5. The molecule has 1 aromatic heterocycles. The number of aryl methyl sites for hydroxylation is 2.